The maximum absolute atomic E-state index is 4.69. The zero-order valence-corrected chi connectivity index (χ0v) is 10.7. The van der Waals surface area contributed by atoms with Gasteiger partial charge in [-0.2, -0.15) is 0 Å². The van der Waals surface area contributed by atoms with Gasteiger partial charge in [-0.3, -0.25) is 0 Å². The highest BCUT2D eigenvalue weighted by Crippen LogP contribution is 2.37. The Kier molecular flexibility index (Phi) is 3.12. The minimum absolute atomic E-state index is 0.181. The zero-order valence-electron chi connectivity index (χ0n) is 9.84. The van der Waals surface area contributed by atoms with Crippen molar-refractivity contribution in [1.29, 1.82) is 0 Å². The second-order valence-corrected chi connectivity index (χ2v) is 6.30. The van der Waals surface area contributed by atoms with Crippen LogP contribution in [0.25, 0.3) is 0 Å². The number of nitrogens with one attached hydrogen (secondary N) is 1. The lowest BCUT2D eigenvalue weighted by Crippen LogP contribution is -2.35. The van der Waals surface area contributed by atoms with Gasteiger partial charge in [0, 0.05) is 23.4 Å². The maximum atomic E-state index is 4.69. The SMILES string of the molecule is CC(C)(C)NCc1csc(C2CCC2)n1. The first-order valence-corrected chi connectivity index (χ1v) is 6.62. The first-order valence-electron chi connectivity index (χ1n) is 5.74. The lowest BCUT2D eigenvalue weighted by Gasteiger charge is -2.22. The van der Waals surface area contributed by atoms with Crippen molar-refractivity contribution in [1.82, 2.24) is 10.3 Å². The summed E-state index contributed by atoms with van der Waals surface area (Å²) in [6.07, 6.45) is 4.08. The van der Waals surface area contributed by atoms with Crippen molar-refractivity contribution in [3.05, 3.63) is 16.1 Å². The molecule has 1 N–H and O–H groups in total. The molecular formula is C12H20N2S. The van der Waals surface area contributed by atoms with E-state index >= 15 is 0 Å². The molecule has 84 valence electrons. The van der Waals surface area contributed by atoms with Crippen LogP contribution >= 0.6 is 11.3 Å². The van der Waals surface area contributed by atoms with Gasteiger partial charge in [0.25, 0.3) is 0 Å². The van der Waals surface area contributed by atoms with Crippen LogP contribution in [0, 0.1) is 0 Å². The van der Waals surface area contributed by atoms with Gasteiger partial charge in [-0.05, 0) is 33.6 Å². The molecule has 1 aromatic heterocycles. The molecule has 1 aromatic rings. The molecule has 0 aromatic carbocycles. The minimum Gasteiger partial charge on any atom is -0.306 e. The topological polar surface area (TPSA) is 24.9 Å². The Bertz CT molecular complexity index is 321. The molecule has 0 atom stereocenters. The Hall–Kier alpha value is -0.410. The Labute approximate surface area is 96.1 Å². The normalized spacial score (nSPS) is 17.8. The van der Waals surface area contributed by atoms with Crippen LogP contribution in [0.4, 0.5) is 0 Å². The van der Waals surface area contributed by atoms with E-state index in [1.807, 2.05) is 11.3 Å². The summed E-state index contributed by atoms with van der Waals surface area (Å²) in [5.41, 5.74) is 1.39. The van der Waals surface area contributed by atoms with Crippen molar-refractivity contribution >= 4 is 11.3 Å². The summed E-state index contributed by atoms with van der Waals surface area (Å²) in [4.78, 5) is 4.69. The second kappa shape index (κ2) is 4.22. The van der Waals surface area contributed by atoms with Crippen LogP contribution < -0.4 is 5.32 Å². The molecule has 0 radical (unpaired) electrons. The molecule has 0 spiro atoms. The van der Waals surface area contributed by atoms with E-state index in [-0.39, 0.29) is 5.54 Å². The van der Waals surface area contributed by atoms with Crippen molar-refractivity contribution in [3.8, 4) is 0 Å². The third-order valence-corrected chi connectivity index (χ3v) is 3.88. The number of rotatable bonds is 3. The fourth-order valence-electron chi connectivity index (χ4n) is 1.60. The molecule has 2 rings (SSSR count). The summed E-state index contributed by atoms with van der Waals surface area (Å²) in [5.74, 6) is 0.776. The van der Waals surface area contributed by atoms with Crippen LogP contribution in [0.15, 0.2) is 5.38 Å². The van der Waals surface area contributed by atoms with Gasteiger partial charge in [0.2, 0.25) is 0 Å². The largest absolute Gasteiger partial charge is 0.306 e. The van der Waals surface area contributed by atoms with Crippen LogP contribution in [0.2, 0.25) is 0 Å². The summed E-state index contributed by atoms with van der Waals surface area (Å²) in [7, 11) is 0. The van der Waals surface area contributed by atoms with Crippen LogP contribution in [0.5, 0.6) is 0 Å². The molecule has 1 heterocycles. The number of hydrogen-bond acceptors (Lipinski definition) is 3. The predicted molar refractivity (Wildman–Crippen MR) is 65.3 cm³/mol. The highest BCUT2D eigenvalue weighted by Gasteiger charge is 2.22. The summed E-state index contributed by atoms with van der Waals surface area (Å²) < 4.78 is 0. The van der Waals surface area contributed by atoms with Crippen LogP contribution in [0.1, 0.15) is 56.7 Å². The maximum Gasteiger partial charge on any atom is 0.0959 e. The second-order valence-electron chi connectivity index (χ2n) is 5.41. The monoisotopic (exact) mass is 224 g/mol. The van der Waals surface area contributed by atoms with Crippen molar-refractivity contribution in [2.45, 2.75) is 58.0 Å². The Balaban J connectivity index is 1.89. The van der Waals surface area contributed by atoms with E-state index in [1.165, 1.54) is 30.0 Å². The highest BCUT2D eigenvalue weighted by molar-refractivity contribution is 7.09. The van der Waals surface area contributed by atoms with Gasteiger partial charge in [0.05, 0.1) is 10.7 Å². The van der Waals surface area contributed by atoms with Crippen LogP contribution in [-0.4, -0.2) is 10.5 Å². The van der Waals surface area contributed by atoms with Crippen molar-refractivity contribution in [3.63, 3.8) is 0 Å². The average Bonchev–Trinajstić information content (AvgIpc) is 2.45. The van der Waals surface area contributed by atoms with Gasteiger partial charge in [-0.25, -0.2) is 4.98 Å². The molecule has 0 saturated heterocycles. The first kappa shape index (κ1) is 11.1. The van der Waals surface area contributed by atoms with E-state index in [4.69, 9.17) is 4.98 Å². The highest BCUT2D eigenvalue weighted by atomic mass is 32.1. The van der Waals surface area contributed by atoms with Crippen molar-refractivity contribution in [2.24, 2.45) is 0 Å². The summed E-state index contributed by atoms with van der Waals surface area (Å²) in [6.45, 7) is 7.46. The van der Waals surface area contributed by atoms with Gasteiger partial charge in [-0.15, -0.1) is 11.3 Å². The van der Waals surface area contributed by atoms with E-state index in [2.05, 4.69) is 31.5 Å². The number of thiazole rings is 1. The Morgan fingerprint density at radius 1 is 1.47 bits per heavy atom. The average molecular weight is 224 g/mol. The quantitative estimate of drug-likeness (QED) is 0.852. The molecule has 0 aliphatic heterocycles. The lowest BCUT2D eigenvalue weighted by atomic mass is 9.86. The van der Waals surface area contributed by atoms with E-state index in [1.54, 1.807) is 0 Å². The molecular weight excluding hydrogens is 204 g/mol. The molecule has 0 amide bonds. The van der Waals surface area contributed by atoms with Crippen molar-refractivity contribution < 1.29 is 0 Å². The zero-order chi connectivity index (χ0) is 10.9. The van der Waals surface area contributed by atoms with Gasteiger partial charge in [0.15, 0.2) is 0 Å². The van der Waals surface area contributed by atoms with E-state index < -0.39 is 0 Å². The molecule has 2 nitrogen and oxygen atoms in total. The number of nitrogens with zero attached hydrogens (tertiary/aromatic N) is 1. The van der Waals surface area contributed by atoms with Gasteiger partial charge in [-0.1, -0.05) is 6.42 Å². The minimum atomic E-state index is 0.181. The third-order valence-electron chi connectivity index (χ3n) is 2.82. The molecule has 1 aliphatic rings. The smallest absolute Gasteiger partial charge is 0.0959 e. The molecule has 1 saturated carbocycles. The van der Waals surface area contributed by atoms with Crippen molar-refractivity contribution in [2.75, 3.05) is 0 Å². The number of hydrogen-bond donors (Lipinski definition) is 1. The van der Waals surface area contributed by atoms with Crippen LogP contribution in [0.3, 0.4) is 0 Å². The van der Waals surface area contributed by atoms with Gasteiger partial charge >= 0.3 is 0 Å². The summed E-state index contributed by atoms with van der Waals surface area (Å²) in [5, 5.41) is 7.03. The Morgan fingerprint density at radius 3 is 2.73 bits per heavy atom. The molecule has 15 heavy (non-hydrogen) atoms. The molecule has 1 fully saturated rings. The fourth-order valence-corrected chi connectivity index (χ4v) is 2.59. The van der Waals surface area contributed by atoms with Crippen LogP contribution in [-0.2, 0) is 6.54 Å². The third kappa shape index (κ3) is 3.02. The van der Waals surface area contributed by atoms with E-state index in [0.29, 0.717) is 0 Å². The van der Waals surface area contributed by atoms with Gasteiger partial charge in [0.1, 0.15) is 0 Å². The molecule has 1 aliphatic carbocycles. The molecule has 3 heteroatoms. The lowest BCUT2D eigenvalue weighted by molar-refractivity contribution is 0.411. The van der Waals surface area contributed by atoms with E-state index in [0.717, 1.165) is 12.5 Å². The summed E-state index contributed by atoms with van der Waals surface area (Å²) in [6, 6.07) is 0. The predicted octanol–water partition coefficient (Wildman–Crippen LogP) is 3.30. The first-order chi connectivity index (χ1) is 7.04. The Morgan fingerprint density at radius 2 is 2.20 bits per heavy atom. The summed E-state index contributed by atoms with van der Waals surface area (Å²) >= 11 is 1.83. The molecule has 0 bridgehead atoms. The number of aromatic nitrogens is 1. The van der Waals surface area contributed by atoms with Gasteiger partial charge < -0.3 is 5.32 Å². The van der Waals surface area contributed by atoms with E-state index in [9.17, 15) is 0 Å². The standard InChI is InChI=1S/C12H20N2S/c1-12(2,3)13-7-10-8-15-11(14-10)9-5-4-6-9/h8-9,13H,4-7H2,1-3H3. The molecule has 0 unspecified atom stereocenters. The fraction of sp³-hybridized carbons (Fsp3) is 0.750.